The molecule has 1 unspecified atom stereocenters. The van der Waals surface area contributed by atoms with E-state index in [1.807, 2.05) is 6.92 Å². The molecule has 0 amide bonds. The summed E-state index contributed by atoms with van der Waals surface area (Å²) < 4.78 is 5.99. The van der Waals surface area contributed by atoms with E-state index in [2.05, 4.69) is 54.7 Å². The Balaban J connectivity index is 2.14. The molecule has 1 N–H and O–H groups in total. The molecule has 1 aromatic carbocycles. The highest BCUT2D eigenvalue weighted by molar-refractivity contribution is 7.09. The standard InChI is InChI=1S/C16H22N2OS/c1-5-17-13(4)14-7-6-11(2)8-15(14)19-9-16-18-12(3)10-20-16/h6-8,10,13,17H,5,9H2,1-4H3. The van der Waals surface area contributed by atoms with Crippen LogP contribution in [0.4, 0.5) is 0 Å². The molecular formula is C16H22N2OS. The molecular weight excluding hydrogens is 268 g/mol. The van der Waals surface area contributed by atoms with E-state index in [1.165, 1.54) is 11.1 Å². The Morgan fingerprint density at radius 1 is 1.35 bits per heavy atom. The van der Waals surface area contributed by atoms with Gasteiger partial charge in [-0.05, 0) is 38.9 Å². The third-order valence-corrected chi connectivity index (χ3v) is 4.10. The van der Waals surface area contributed by atoms with Gasteiger partial charge in [-0.1, -0.05) is 19.1 Å². The molecule has 0 spiro atoms. The van der Waals surface area contributed by atoms with Crippen LogP contribution in [0.15, 0.2) is 23.6 Å². The van der Waals surface area contributed by atoms with Crippen molar-refractivity contribution in [3.05, 3.63) is 45.4 Å². The molecule has 0 bridgehead atoms. The number of aromatic nitrogens is 1. The Labute approximate surface area is 125 Å². The van der Waals surface area contributed by atoms with Crippen molar-refractivity contribution in [2.24, 2.45) is 0 Å². The minimum absolute atomic E-state index is 0.286. The maximum Gasteiger partial charge on any atom is 0.140 e. The first kappa shape index (κ1) is 15.0. The largest absolute Gasteiger partial charge is 0.486 e. The molecule has 0 saturated carbocycles. The van der Waals surface area contributed by atoms with E-state index >= 15 is 0 Å². The van der Waals surface area contributed by atoms with Crippen LogP contribution in [-0.4, -0.2) is 11.5 Å². The van der Waals surface area contributed by atoms with Gasteiger partial charge in [0.2, 0.25) is 0 Å². The van der Waals surface area contributed by atoms with Gasteiger partial charge in [-0.3, -0.25) is 0 Å². The summed E-state index contributed by atoms with van der Waals surface area (Å²) in [6, 6.07) is 6.66. The van der Waals surface area contributed by atoms with Crippen molar-refractivity contribution in [1.29, 1.82) is 0 Å². The molecule has 2 rings (SSSR count). The summed E-state index contributed by atoms with van der Waals surface area (Å²) in [6.07, 6.45) is 0. The van der Waals surface area contributed by atoms with Gasteiger partial charge in [0.15, 0.2) is 0 Å². The van der Waals surface area contributed by atoms with Crippen molar-refractivity contribution in [3.8, 4) is 5.75 Å². The number of rotatable bonds is 6. The molecule has 0 radical (unpaired) electrons. The van der Waals surface area contributed by atoms with E-state index in [9.17, 15) is 0 Å². The average molecular weight is 290 g/mol. The van der Waals surface area contributed by atoms with Crippen LogP contribution in [0.1, 0.15) is 41.7 Å². The first-order valence-corrected chi connectivity index (χ1v) is 7.86. The summed E-state index contributed by atoms with van der Waals surface area (Å²) in [7, 11) is 0. The molecule has 1 atom stereocenters. The summed E-state index contributed by atoms with van der Waals surface area (Å²) in [5, 5.41) is 6.50. The predicted molar refractivity (Wildman–Crippen MR) is 84.5 cm³/mol. The second-order valence-electron chi connectivity index (χ2n) is 4.99. The molecule has 0 aliphatic carbocycles. The summed E-state index contributed by atoms with van der Waals surface area (Å²) in [6.45, 7) is 9.85. The number of thiazole rings is 1. The Hall–Kier alpha value is -1.39. The fraction of sp³-hybridized carbons (Fsp3) is 0.438. The van der Waals surface area contributed by atoms with Crippen LogP contribution < -0.4 is 10.1 Å². The second kappa shape index (κ2) is 6.86. The Morgan fingerprint density at radius 3 is 2.80 bits per heavy atom. The number of aryl methyl sites for hydroxylation is 2. The van der Waals surface area contributed by atoms with E-state index in [0.717, 1.165) is 23.0 Å². The number of benzene rings is 1. The lowest BCUT2D eigenvalue weighted by Gasteiger charge is -2.18. The van der Waals surface area contributed by atoms with Crippen LogP contribution in [0.3, 0.4) is 0 Å². The average Bonchev–Trinajstić information content (AvgIpc) is 2.82. The molecule has 3 nitrogen and oxygen atoms in total. The Morgan fingerprint density at radius 2 is 2.15 bits per heavy atom. The third kappa shape index (κ3) is 3.81. The summed E-state index contributed by atoms with van der Waals surface area (Å²) in [5.74, 6) is 0.950. The van der Waals surface area contributed by atoms with E-state index < -0.39 is 0 Å². The highest BCUT2D eigenvalue weighted by atomic mass is 32.1. The Kier molecular flexibility index (Phi) is 5.15. The van der Waals surface area contributed by atoms with E-state index in [1.54, 1.807) is 11.3 Å². The number of nitrogens with one attached hydrogen (secondary N) is 1. The van der Waals surface area contributed by atoms with Crippen molar-refractivity contribution in [1.82, 2.24) is 10.3 Å². The molecule has 0 fully saturated rings. The van der Waals surface area contributed by atoms with E-state index in [0.29, 0.717) is 6.61 Å². The number of hydrogen-bond donors (Lipinski definition) is 1. The molecule has 0 aliphatic rings. The van der Waals surface area contributed by atoms with Gasteiger partial charge in [0.1, 0.15) is 17.4 Å². The monoisotopic (exact) mass is 290 g/mol. The molecule has 0 saturated heterocycles. The zero-order valence-corrected chi connectivity index (χ0v) is 13.4. The normalized spacial score (nSPS) is 12.4. The van der Waals surface area contributed by atoms with Gasteiger partial charge < -0.3 is 10.1 Å². The van der Waals surface area contributed by atoms with Gasteiger partial charge in [0.25, 0.3) is 0 Å². The van der Waals surface area contributed by atoms with Crippen molar-refractivity contribution in [2.75, 3.05) is 6.54 Å². The van der Waals surface area contributed by atoms with E-state index in [-0.39, 0.29) is 6.04 Å². The lowest BCUT2D eigenvalue weighted by Crippen LogP contribution is -2.18. The van der Waals surface area contributed by atoms with Crippen LogP contribution >= 0.6 is 11.3 Å². The topological polar surface area (TPSA) is 34.1 Å². The molecule has 0 aliphatic heterocycles. The second-order valence-corrected chi connectivity index (χ2v) is 5.93. The van der Waals surface area contributed by atoms with E-state index in [4.69, 9.17) is 4.74 Å². The van der Waals surface area contributed by atoms with Crippen LogP contribution in [0, 0.1) is 13.8 Å². The fourth-order valence-electron chi connectivity index (χ4n) is 2.15. The summed E-state index contributed by atoms with van der Waals surface area (Å²) >= 11 is 1.65. The van der Waals surface area contributed by atoms with Crippen LogP contribution in [-0.2, 0) is 6.61 Å². The number of hydrogen-bond acceptors (Lipinski definition) is 4. The minimum atomic E-state index is 0.286. The first-order chi connectivity index (χ1) is 9.60. The zero-order chi connectivity index (χ0) is 14.5. The fourth-order valence-corrected chi connectivity index (χ4v) is 2.83. The summed E-state index contributed by atoms with van der Waals surface area (Å²) in [4.78, 5) is 4.44. The molecule has 2 aromatic rings. The SMILES string of the molecule is CCNC(C)c1ccc(C)cc1OCc1nc(C)cs1. The van der Waals surface area contributed by atoms with Gasteiger partial charge in [-0.15, -0.1) is 11.3 Å². The highest BCUT2D eigenvalue weighted by Gasteiger charge is 2.11. The van der Waals surface area contributed by atoms with Gasteiger partial charge >= 0.3 is 0 Å². The summed E-state index contributed by atoms with van der Waals surface area (Å²) in [5.41, 5.74) is 3.47. The van der Waals surface area contributed by atoms with Crippen molar-refractivity contribution < 1.29 is 4.74 Å². The van der Waals surface area contributed by atoms with Crippen molar-refractivity contribution in [3.63, 3.8) is 0 Å². The van der Waals surface area contributed by atoms with Gasteiger partial charge in [-0.2, -0.15) is 0 Å². The van der Waals surface area contributed by atoms with Crippen molar-refractivity contribution in [2.45, 2.75) is 40.3 Å². The molecule has 1 aromatic heterocycles. The molecule has 20 heavy (non-hydrogen) atoms. The van der Waals surface area contributed by atoms with Gasteiger partial charge in [-0.25, -0.2) is 4.98 Å². The predicted octanol–water partition coefficient (Wildman–Crippen LogP) is 4.01. The minimum Gasteiger partial charge on any atom is -0.486 e. The maximum atomic E-state index is 5.99. The van der Waals surface area contributed by atoms with Crippen LogP contribution in [0.25, 0.3) is 0 Å². The quantitative estimate of drug-likeness (QED) is 0.873. The van der Waals surface area contributed by atoms with Crippen LogP contribution in [0.5, 0.6) is 5.75 Å². The highest BCUT2D eigenvalue weighted by Crippen LogP contribution is 2.27. The lowest BCUT2D eigenvalue weighted by molar-refractivity contribution is 0.299. The third-order valence-electron chi connectivity index (χ3n) is 3.16. The Bertz CT molecular complexity index is 565. The van der Waals surface area contributed by atoms with Crippen molar-refractivity contribution >= 4 is 11.3 Å². The molecule has 4 heteroatoms. The number of nitrogens with zero attached hydrogens (tertiary/aromatic N) is 1. The maximum absolute atomic E-state index is 5.99. The smallest absolute Gasteiger partial charge is 0.140 e. The molecule has 108 valence electrons. The van der Waals surface area contributed by atoms with Crippen LogP contribution in [0.2, 0.25) is 0 Å². The zero-order valence-electron chi connectivity index (χ0n) is 12.6. The number of ether oxygens (including phenoxy) is 1. The van der Waals surface area contributed by atoms with Gasteiger partial charge in [0.05, 0.1) is 0 Å². The van der Waals surface area contributed by atoms with Gasteiger partial charge in [0, 0.05) is 22.7 Å². The molecule has 1 heterocycles. The lowest BCUT2D eigenvalue weighted by atomic mass is 10.0. The first-order valence-electron chi connectivity index (χ1n) is 6.98.